The topological polar surface area (TPSA) is 163 Å². The third-order valence-corrected chi connectivity index (χ3v) is 14.2. The van der Waals surface area contributed by atoms with Crippen molar-refractivity contribution in [3.8, 4) is 0 Å². The second-order valence-electron chi connectivity index (χ2n) is 17.1. The summed E-state index contributed by atoms with van der Waals surface area (Å²) in [5.41, 5.74) is -9.68. The van der Waals surface area contributed by atoms with Gasteiger partial charge in [-0.15, -0.1) is 0 Å². The lowest BCUT2D eigenvalue weighted by atomic mass is 9.33. The molecule has 3 saturated heterocycles. The van der Waals surface area contributed by atoms with Crippen LogP contribution in [0.5, 0.6) is 0 Å². The van der Waals surface area contributed by atoms with Crippen molar-refractivity contribution < 1.29 is 61.5 Å². The van der Waals surface area contributed by atoms with Crippen molar-refractivity contribution in [1.29, 1.82) is 0 Å². The van der Waals surface area contributed by atoms with Gasteiger partial charge in [0.15, 0.2) is 18.0 Å². The number of methoxy groups -OCH3 is 1. The highest BCUT2D eigenvalue weighted by Crippen LogP contribution is 2.90. The highest BCUT2D eigenvalue weighted by molar-refractivity contribution is 6.01. The van der Waals surface area contributed by atoms with E-state index in [9.17, 15) is 24.0 Å². The van der Waals surface area contributed by atoms with Crippen LogP contribution in [0.4, 0.5) is 0 Å². The number of Topliss-reactive ketones (excluding diaryl/α,β-unsaturated/α-hetero) is 1. The highest BCUT2D eigenvalue weighted by Gasteiger charge is 3.05. The van der Waals surface area contributed by atoms with Crippen LogP contribution in [0.3, 0.4) is 0 Å². The summed E-state index contributed by atoms with van der Waals surface area (Å²) in [4.78, 5) is 70.0. The van der Waals surface area contributed by atoms with E-state index in [0.717, 1.165) is 0 Å². The smallest absolute Gasteiger partial charge is 0.309 e. The molecule has 0 aromatic carbocycles. The quantitative estimate of drug-likeness (QED) is 0.215. The van der Waals surface area contributed by atoms with Crippen molar-refractivity contribution in [3.63, 3.8) is 0 Å². The number of rotatable bonds is 8. The first-order chi connectivity index (χ1) is 23.3. The summed E-state index contributed by atoms with van der Waals surface area (Å²) in [6.07, 6.45) is 0.500. The van der Waals surface area contributed by atoms with Gasteiger partial charge >= 0.3 is 23.9 Å². The molecule has 8 rings (SSSR count). The molecule has 4 bridgehead atoms. The Bertz CT molecular complexity index is 1720. The van der Waals surface area contributed by atoms with Gasteiger partial charge in [0.05, 0.1) is 37.2 Å². The van der Waals surface area contributed by atoms with Crippen LogP contribution in [0, 0.1) is 39.9 Å². The van der Waals surface area contributed by atoms with Gasteiger partial charge in [-0.25, -0.2) is 0 Å². The summed E-state index contributed by atoms with van der Waals surface area (Å²) in [5, 5.41) is 0. The molecule has 7 fully saturated rings. The van der Waals surface area contributed by atoms with Gasteiger partial charge in [-0.05, 0) is 31.2 Å². The first-order valence-corrected chi connectivity index (χ1v) is 17.7. The summed E-state index contributed by atoms with van der Waals surface area (Å²) >= 11 is 0. The van der Waals surface area contributed by atoms with Gasteiger partial charge < -0.3 is 37.6 Å². The van der Waals surface area contributed by atoms with Gasteiger partial charge in [0.2, 0.25) is 5.60 Å². The van der Waals surface area contributed by atoms with Crippen LogP contribution >= 0.6 is 0 Å². The Morgan fingerprint density at radius 3 is 2.24 bits per heavy atom. The number of hydrogen-bond acceptors (Lipinski definition) is 13. The average Bonchev–Trinajstić information content (AvgIpc) is 3.74. The van der Waals surface area contributed by atoms with Crippen molar-refractivity contribution in [1.82, 2.24) is 0 Å². The Morgan fingerprint density at radius 1 is 0.940 bits per heavy atom. The molecule has 1 aromatic heterocycles. The van der Waals surface area contributed by atoms with Crippen LogP contribution in [-0.4, -0.2) is 77.4 Å². The number of carbonyl (C=O) groups is 5. The standard InChI is InChI=1S/C37H46O13/c1-18(2)26(41)46-28-31(6)17-35-32(7,21(31)14-23(38)43-9)34-12-11-30(5,25(40)20-10-13-44-16-20)22-15-24(39)45-29(37(28,35)47-27(42)19(3)4)36(22,34)50-33(8,48-34)49-35/h10,13,16,18-19,21-22,28-29H,11-12,14-15,17H2,1-9H3/t21-,22+,28-,29-,30+,31-,32-,33?,34-,35?,36+,37-/m0/s1. The second kappa shape index (κ2) is 9.77. The maximum atomic E-state index is 14.6. The number of carbonyl (C=O) groups excluding carboxylic acids is 5. The minimum Gasteiger partial charge on any atom is -0.472 e. The van der Waals surface area contributed by atoms with Crippen LogP contribution in [0.15, 0.2) is 23.0 Å². The number of esters is 4. The average molecular weight is 699 g/mol. The van der Waals surface area contributed by atoms with E-state index >= 15 is 0 Å². The van der Waals surface area contributed by atoms with E-state index in [2.05, 4.69) is 0 Å². The molecule has 0 radical (unpaired) electrons. The lowest BCUT2D eigenvalue weighted by molar-refractivity contribution is -0.477. The molecule has 3 spiro atoms. The summed E-state index contributed by atoms with van der Waals surface area (Å²) in [6.45, 7) is 14.1. The minimum absolute atomic E-state index is 0.100. The Balaban J connectivity index is 1.48. The minimum atomic E-state index is -1.97. The van der Waals surface area contributed by atoms with E-state index in [4.69, 9.17) is 37.6 Å². The summed E-state index contributed by atoms with van der Waals surface area (Å²) in [6, 6.07) is 1.59. The molecule has 1 aromatic rings. The Hall–Kier alpha value is -3.29. The van der Waals surface area contributed by atoms with Gasteiger partial charge in [0.25, 0.3) is 5.97 Å². The van der Waals surface area contributed by atoms with Gasteiger partial charge in [-0.1, -0.05) is 48.5 Å². The first-order valence-electron chi connectivity index (χ1n) is 17.7. The fourth-order valence-corrected chi connectivity index (χ4v) is 12.4. The molecular weight excluding hydrogens is 652 g/mol. The molecule has 4 heterocycles. The second-order valence-corrected chi connectivity index (χ2v) is 17.1. The maximum absolute atomic E-state index is 14.6. The van der Waals surface area contributed by atoms with Crippen molar-refractivity contribution in [2.45, 2.75) is 128 Å². The predicted molar refractivity (Wildman–Crippen MR) is 168 cm³/mol. The number of hydrogen-bond donors (Lipinski definition) is 0. The van der Waals surface area contributed by atoms with E-state index in [-0.39, 0.29) is 31.5 Å². The molecule has 12 atom stereocenters. The zero-order valence-electron chi connectivity index (χ0n) is 30.0. The van der Waals surface area contributed by atoms with E-state index in [0.29, 0.717) is 12.0 Å². The number of fused-ring (bicyclic) bond motifs is 3. The number of furan rings is 1. The Kier molecular flexibility index (Phi) is 6.61. The number of ether oxygens (including phenoxy) is 7. The van der Waals surface area contributed by atoms with Crippen LogP contribution in [0.1, 0.15) is 97.9 Å². The predicted octanol–water partition coefficient (Wildman–Crippen LogP) is 4.29. The first kappa shape index (κ1) is 33.8. The zero-order chi connectivity index (χ0) is 36.2. The largest absolute Gasteiger partial charge is 0.472 e. The third-order valence-electron chi connectivity index (χ3n) is 14.2. The van der Waals surface area contributed by atoms with Crippen LogP contribution in [0.25, 0.3) is 0 Å². The van der Waals surface area contributed by atoms with Crippen LogP contribution in [-0.2, 0) is 52.3 Å². The summed E-state index contributed by atoms with van der Waals surface area (Å²) in [7, 11) is 1.32. The Labute approximate surface area is 290 Å². The third kappa shape index (κ3) is 3.35. The van der Waals surface area contributed by atoms with Gasteiger partial charge in [0, 0.05) is 35.5 Å². The van der Waals surface area contributed by atoms with Crippen molar-refractivity contribution in [2.24, 2.45) is 39.9 Å². The van der Waals surface area contributed by atoms with Gasteiger partial charge in [0.1, 0.15) is 23.1 Å². The Morgan fingerprint density at radius 2 is 1.62 bits per heavy atom. The van der Waals surface area contributed by atoms with Crippen LogP contribution in [0.2, 0.25) is 0 Å². The van der Waals surface area contributed by atoms with E-state index in [1.54, 1.807) is 40.7 Å². The molecular formula is C37H46O13. The molecule has 13 nitrogen and oxygen atoms in total. The highest BCUT2D eigenvalue weighted by atomic mass is 16.9. The van der Waals surface area contributed by atoms with E-state index in [1.807, 2.05) is 20.8 Å². The lowest BCUT2D eigenvalue weighted by Gasteiger charge is -2.77. The molecule has 50 heavy (non-hydrogen) atoms. The number of ketones is 1. The lowest BCUT2D eigenvalue weighted by Crippen LogP contribution is -2.94. The summed E-state index contributed by atoms with van der Waals surface area (Å²) < 4.78 is 51.7. The van der Waals surface area contributed by atoms with Gasteiger partial charge in [-0.2, -0.15) is 0 Å². The molecule has 4 saturated carbocycles. The summed E-state index contributed by atoms with van der Waals surface area (Å²) in [5.74, 6) is -7.06. The van der Waals surface area contributed by atoms with E-state index < -0.39 is 104 Å². The van der Waals surface area contributed by atoms with E-state index in [1.165, 1.54) is 19.6 Å². The molecule has 7 aliphatic rings. The molecule has 3 aliphatic heterocycles. The zero-order valence-corrected chi connectivity index (χ0v) is 30.0. The van der Waals surface area contributed by atoms with Crippen molar-refractivity contribution in [2.75, 3.05) is 7.11 Å². The van der Waals surface area contributed by atoms with Gasteiger partial charge in [-0.3, -0.25) is 24.0 Å². The van der Waals surface area contributed by atoms with Crippen LogP contribution < -0.4 is 0 Å². The molecule has 4 aliphatic carbocycles. The fraction of sp³-hybridized carbons (Fsp3) is 0.757. The fourth-order valence-electron chi connectivity index (χ4n) is 12.4. The maximum Gasteiger partial charge on any atom is 0.309 e. The normalized spacial score (nSPS) is 48.7. The molecule has 2 unspecified atom stereocenters. The molecule has 0 N–H and O–H groups in total. The molecule has 0 amide bonds. The van der Waals surface area contributed by atoms with Crippen molar-refractivity contribution >= 4 is 29.7 Å². The SMILES string of the molecule is COC(=O)C[C@H]1[C@]2(C)CC34OC5(C)O[C@@]67[C@H](OC(=O)C[C@@H]6[C@](C)(C(=O)c6ccoc6)CC[C@]7(O5)[C@]13C)[C@@]4(OC(=O)C(C)C)[C@H]2OC(=O)C(C)C. The monoisotopic (exact) mass is 698 g/mol. The van der Waals surface area contributed by atoms with Crippen molar-refractivity contribution in [3.05, 3.63) is 24.2 Å². The molecule has 272 valence electrons. The molecule has 13 heteroatoms.